The third kappa shape index (κ3) is 5.16. The zero-order valence-electron chi connectivity index (χ0n) is 20.7. The van der Waals surface area contributed by atoms with Gasteiger partial charge in [0.15, 0.2) is 5.78 Å². The number of nitrogens with zero attached hydrogens (tertiary/aromatic N) is 2. The van der Waals surface area contributed by atoms with Crippen LogP contribution in [0.15, 0.2) is 36.4 Å². The van der Waals surface area contributed by atoms with Crippen molar-refractivity contribution in [2.45, 2.75) is 45.1 Å². The maximum atomic E-state index is 14.8. The number of hydrogen-bond acceptors (Lipinski definition) is 4. The maximum Gasteiger partial charge on any atom is 0.317 e. The molecular formula is C27H32FN3O4. The Bertz CT molecular complexity index is 1160. The summed E-state index contributed by atoms with van der Waals surface area (Å²) >= 11 is 0. The number of nitrogens with one attached hydrogen (secondary N) is 1. The van der Waals surface area contributed by atoms with Crippen LogP contribution in [-0.4, -0.2) is 60.8 Å². The molecule has 2 heterocycles. The molecule has 0 spiro atoms. The Kier molecular flexibility index (Phi) is 6.83. The Balaban J connectivity index is 1.63. The monoisotopic (exact) mass is 481 g/mol. The number of ketones is 1. The number of rotatable bonds is 6. The van der Waals surface area contributed by atoms with Crippen LogP contribution < -0.4 is 10.1 Å². The van der Waals surface area contributed by atoms with Crippen LogP contribution in [0.3, 0.4) is 0 Å². The lowest BCUT2D eigenvalue weighted by molar-refractivity contribution is -0.140. The number of urea groups is 1. The van der Waals surface area contributed by atoms with E-state index in [1.165, 1.54) is 11.0 Å². The summed E-state index contributed by atoms with van der Waals surface area (Å²) < 4.78 is 20.1. The lowest BCUT2D eigenvalue weighted by Gasteiger charge is -2.37. The van der Waals surface area contributed by atoms with E-state index >= 15 is 0 Å². The smallest absolute Gasteiger partial charge is 0.317 e. The van der Waals surface area contributed by atoms with Crippen molar-refractivity contribution in [2.75, 3.05) is 33.3 Å². The Hall–Kier alpha value is -3.42. The summed E-state index contributed by atoms with van der Waals surface area (Å²) in [5, 5.41) is 2.69. The van der Waals surface area contributed by atoms with Crippen LogP contribution in [-0.2, 0) is 27.8 Å². The van der Waals surface area contributed by atoms with Crippen molar-refractivity contribution in [1.82, 2.24) is 15.1 Å². The second-order valence-electron chi connectivity index (χ2n) is 10.2. The molecule has 0 bridgehead atoms. The standard InChI is InChI=1S/C27H32FN3O4/c1-27(2,3)21-8-5-17(13-22(21)28)14-23(32)25-20-7-6-19(35-4)15-18(20)9-11-31(25)24(33)16-30-12-10-29-26(30)34/h5-8,13,15,25H,9-12,14,16H2,1-4H3,(H,29,34)/t25-/m1/s1. The van der Waals surface area contributed by atoms with Gasteiger partial charge in [-0.25, -0.2) is 9.18 Å². The normalized spacial score (nSPS) is 17.7. The minimum atomic E-state index is -0.812. The molecule has 4 rings (SSSR count). The third-order valence-electron chi connectivity index (χ3n) is 6.69. The number of carbonyl (C=O) groups excluding carboxylic acids is 3. The van der Waals surface area contributed by atoms with Crippen LogP contribution in [0.2, 0.25) is 0 Å². The number of hydrogen-bond donors (Lipinski definition) is 1. The summed E-state index contributed by atoms with van der Waals surface area (Å²) in [6.45, 7) is 7.02. The van der Waals surface area contributed by atoms with Gasteiger partial charge in [-0.05, 0) is 52.3 Å². The van der Waals surface area contributed by atoms with E-state index in [1.807, 2.05) is 32.9 Å². The number of fused-ring (bicyclic) bond motifs is 1. The van der Waals surface area contributed by atoms with E-state index < -0.39 is 6.04 Å². The van der Waals surface area contributed by atoms with Crippen LogP contribution in [0.5, 0.6) is 5.75 Å². The molecule has 186 valence electrons. The molecule has 0 aliphatic carbocycles. The van der Waals surface area contributed by atoms with Crippen molar-refractivity contribution in [2.24, 2.45) is 0 Å². The highest BCUT2D eigenvalue weighted by Gasteiger charge is 2.37. The summed E-state index contributed by atoms with van der Waals surface area (Å²) in [7, 11) is 1.58. The number of carbonyl (C=O) groups is 3. The molecule has 2 aliphatic heterocycles. The number of amides is 3. The van der Waals surface area contributed by atoms with Crippen LogP contribution in [0, 0.1) is 5.82 Å². The van der Waals surface area contributed by atoms with Gasteiger partial charge >= 0.3 is 6.03 Å². The molecule has 8 heteroatoms. The molecule has 3 amide bonds. The largest absolute Gasteiger partial charge is 0.497 e. The van der Waals surface area contributed by atoms with E-state index in [0.717, 1.165) is 11.1 Å². The Morgan fingerprint density at radius 2 is 1.91 bits per heavy atom. The van der Waals surface area contributed by atoms with E-state index in [4.69, 9.17) is 4.74 Å². The second-order valence-corrected chi connectivity index (χ2v) is 10.2. The lowest BCUT2D eigenvalue weighted by atomic mass is 9.85. The molecular weight excluding hydrogens is 449 g/mol. The van der Waals surface area contributed by atoms with Gasteiger partial charge in [0.25, 0.3) is 0 Å². The highest BCUT2D eigenvalue weighted by atomic mass is 19.1. The van der Waals surface area contributed by atoms with Gasteiger partial charge < -0.3 is 19.9 Å². The molecule has 1 atom stereocenters. The minimum absolute atomic E-state index is 0.00847. The van der Waals surface area contributed by atoms with Crippen molar-refractivity contribution in [1.29, 1.82) is 0 Å². The third-order valence-corrected chi connectivity index (χ3v) is 6.69. The lowest BCUT2D eigenvalue weighted by Crippen LogP contribution is -2.48. The van der Waals surface area contributed by atoms with Crippen molar-refractivity contribution in [3.8, 4) is 5.75 Å². The van der Waals surface area contributed by atoms with Crippen molar-refractivity contribution < 1.29 is 23.5 Å². The summed E-state index contributed by atoms with van der Waals surface area (Å²) in [5.41, 5.74) is 2.49. The van der Waals surface area contributed by atoms with Crippen LogP contribution in [0.25, 0.3) is 0 Å². The summed E-state index contributed by atoms with van der Waals surface area (Å²) in [6.07, 6.45) is 0.564. The maximum absolute atomic E-state index is 14.8. The molecule has 0 unspecified atom stereocenters. The first kappa shape index (κ1) is 24.7. The number of halogens is 1. The fourth-order valence-electron chi connectivity index (χ4n) is 4.84. The summed E-state index contributed by atoms with van der Waals surface area (Å²) in [5.74, 6) is -0.137. The van der Waals surface area contributed by atoms with Crippen LogP contribution in [0.1, 0.15) is 49.1 Å². The van der Waals surface area contributed by atoms with Gasteiger partial charge in [0.2, 0.25) is 5.91 Å². The van der Waals surface area contributed by atoms with Crippen molar-refractivity contribution >= 4 is 17.7 Å². The van der Waals surface area contributed by atoms with E-state index in [-0.39, 0.29) is 41.9 Å². The first-order chi connectivity index (χ1) is 16.6. The summed E-state index contributed by atoms with van der Waals surface area (Å²) in [4.78, 5) is 41.9. The van der Waals surface area contributed by atoms with Gasteiger partial charge in [0, 0.05) is 26.1 Å². The molecule has 0 saturated carbocycles. The second kappa shape index (κ2) is 9.68. The van der Waals surface area contributed by atoms with Gasteiger partial charge in [0.1, 0.15) is 24.2 Å². The first-order valence-corrected chi connectivity index (χ1v) is 11.9. The average molecular weight is 482 g/mol. The molecule has 1 fully saturated rings. The molecule has 2 aromatic carbocycles. The number of Topliss-reactive ketones (excluding diaryl/α,β-unsaturated/α-hetero) is 1. The molecule has 2 aliphatic rings. The first-order valence-electron chi connectivity index (χ1n) is 11.9. The quantitative estimate of drug-likeness (QED) is 0.686. The predicted octanol–water partition coefficient (Wildman–Crippen LogP) is 3.39. The van der Waals surface area contributed by atoms with Gasteiger partial charge in [-0.2, -0.15) is 0 Å². The topological polar surface area (TPSA) is 79.0 Å². The molecule has 1 saturated heterocycles. The average Bonchev–Trinajstić information content (AvgIpc) is 3.21. The van der Waals surface area contributed by atoms with Gasteiger partial charge in [-0.1, -0.05) is 39.0 Å². The predicted molar refractivity (Wildman–Crippen MR) is 130 cm³/mol. The van der Waals surface area contributed by atoms with E-state index in [2.05, 4.69) is 5.32 Å². The Morgan fingerprint density at radius 1 is 1.14 bits per heavy atom. The summed E-state index contributed by atoms with van der Waals surface area (Å²) in [6, 6.07) is 9.32. The number of benzene rings is 2. The molecule has 0 radical (unpaired) electrons. The minimum Gasteiger partial charge on any atom is -0.497 e. The van der Waals surface area contributed by atoms with Crippen molar-refractivity contribution in [3.63, 3.8) is 0 Å². The number of methoxy groups -OCH3 is 1. The SMILES string of the molecule is COc1ccc2c(c1)CCN(C(=O)CN1CCNC1=O)[C@H]2C(=O)Cc1ccc(C(C)(C)C)c(F)c1. The molecule has 2 aromatic rings. The van der Waals surface area contributed by atoms with E-state index in [9.17, 15) is 18.8 Å². The molecule has 1 N–H and O–H groups in total. The highest BCUT2D eigenvalue weighted by Crippen LogP contribution is 2.34. The number of ether oxygens (including phenoxy) is 1. The van der Waals surface area contributed by atoms with E-state index in [1.54, 1.807) is 30.2 Å². The van der Waals surface area contributed by atoms with Gasteiger partial charge in [0.05, 0.1) is 7.11 Å². The molecule has 7 nitrogen and oxygen atoms in total. The fourth-order valence-corrected chi connectivity index (χ4v) is 4.84. The molecule has 0 aromatic heterocycles. The van der Waals surface area contributed by atoms with Gasteiger partial charge in [-0.15, -0.1) is 0 Å². The fraction of sp³-hybridized carbons (Fsp3) is 0.444. The van der Waals surface area contributed by atoms with E-state index in [0.29, 0.717) is 42.9 Å². The van der Waals surface area contributed by atoms with Crippen LogP contribution in [0.4, 0.5) is 9.18 Å². The van der Waals surface area contributed by atoms with Crippen LogP contribution >= 0.6 is 0 Å². The molecule has 35 heavy (non-hydrogen) atoms. The zero-order valence-corrected chi connectivity index (χ0v) is 20.7. The van der Waals surface area contributed by atoms with Crippen molar-refractivity contribution in [3.05, 3.63) is 64.5 Å². The Labute approximate surface area is 205 Å². The zero-order chi connectivity index (χ0) is 25.3. The van der Waals surface area contributed by atoms with Gasteiger partial charge in [-0.3, -0.25) is 9.59 Å². The highest BCUT2D eigenvalue weighted by molar-refractivity contribution is 5.93. The Morgan fingerprint density at radius 3 is 2.54 bits per heavy atom.